The van der Waals surface area contributed by atoms with Crippen LogP contribution in [0.1, 0.15) is 18.7 Å². The molecule has 1 amide bonds. The predicted octanol–water partition coefficient (Wildman–Crippen LogP) is 0.575. The van der Waals surface area contributed by atoms with Crippen LogP contribution in [0.2, 0.25) is 0 Å². The van der Waals surface area contributed by atoms with E-state index in [0.29, 0.717) is 41.4 Å². The second kappa shape index (κ2) is 7.24. The number of anilines is 1. The summed E-state index contributed by atoms with van der Waals surface area (Å²) in [6, 6.07) is 5.38. The quantitative estimate of drug-likeness (QED) is 0.554. The van der Waals surface area contributed by atoms with Crippen molar-refractivity contribution in [3.05, 3.63) is 36.4 Å². The second-order valence-corrected chi connectivity index (χ2v) is 9.69. The molecule has 0 spiro atoms. The number of pyridine rings is 2. The summed E-state index contributed by atoms with van der Waals surface area (Å²) in [4.78, 5) is 21.5. The number of nitrogens with one attached hydrogen (secondary N) is 1. The first-order valence-electron chi connectivity index (χ1n) is 9.35. The molecule has 0 radical (unpaired) electrons. The first-order chi connectivity index (χ1) is 14.2. The monoisotopic (exact) mass is 430 g/mol. The van der Waals surface area contributed by atoms with Gasteiger partial charge in [0.15, 0.2) is 17.2 Å². The van der Waals surface area contributed by atoms with Crippen molar-refractivity contribution in [2.45, 2.75) is 18.3 Å². The third-order valence-electron chi connectivity index (χ3n) is 5.09. The molecule has 1 aliphatic carbocycles. The Bertz CT molecular complexity index is 1230. The summed E-state index contributed by atoms with van der Waals surface area (Å²) in [5.41, 5.74) is 7.45. The van der Waals surface area contributed by atoms with E-state index in [9.17, 15) is 13.2 Å². The van der Waals surface area contributed by atoms with Crippen LogP contribution in [-0.4, -0.2) is 59.6 Å². The molecule has 1 saturated carbocycles. The molecule has 11 heteroatoms. The third-order valence-corrected chi connectivity index (χ3v) is 6.04. The van der Waals surface area contributed by atoms with Gasteiger partial charge >= 0.3 is 0 Å². The molecule has 0 aliphatic heterocycles. The van der Waals surface area contributed by atoms with Crippen molar-refractivity contribution in [1.82, 2.24) is 24.9 Å². The molecule has 3 heterocycles. The molecular weight excluding hydrogens is 408 g/mol. The van der Waals surface area contributed by atoms with Gasteiger partial charge in [-0.1, -0.05) is 0 Å². The van der Waals surface area contributed by atoms with Crippen molar-refractivity contribution in [2.75, 3.05) is 31.4 Å². The number of carbonyl (C=O) groups is 1. The van der Waals surface area contributed by atoms with Crippen LogP contribution in [0.5, 0.6) is 5.75 Å². The summed E-state index contributed by atoms with van der Waals surface area (Å²) in [5.74, 6) is 0.506. The van der Waals surface area contributed by atoms with E-state index >= 15 is 0 Å². The van der Waals surface area contributed by atoms with E-state index in [4.69, 9.17) is 10.5 Å². The second-order valence-electron chi connectivity index (χ2n) is 7.43. The van der Waals surface area contributed by atoms with E-state index < -0.39 is 15.3 Å². The lowest BCUT2D eigenvalue weighted by Crippen LogP contribution is -2.38. The zero-order valence-corrected chi connectivity index (χ0v) is 17.4. The van der Waals surface area contributed by atoms with Crippen LogP contribution in [0.15, 0.2) is 30.6 Å². The molecule has 0 saturated heterocycles. The highest BCUT2D eigenvalue weighted by atomic mass is 32.2. The minimum absolute atomic E-state index is 0.0519. The van der Waals surface area contributed by atoms with Gasteiger partial charge in [0, 0.05) is 30.8 Å². The van der Waals surface area contributed by atoms with Crippen molar-refractivity contribution in [3.63, 3.8) is 0 Å². The van der Waals surface area contributed by atoms with Gasteiger partial charge in [-0.2, -0.15) is 0 Å². The van der Waals surface area contributed by atoms with Crippen LogP contribution in [0.3, 0.4) is 0 Å². The van der Waals surface area contributed by atoms with E-state index in [1.54, 1.807) is 29.0 Å². The molecule has 0 bridgehead atoms. The average molecular weight is 430 g/mol. The minimum atomic E-state index is -3.16. The molecule has 3 aromatic heterocycles. The van der Waals surface area contributed by atoms with E-state index in [1.165, 1.54) is 7.11 Å². The molecule has 0 atom stereocenters. The lowest BCUT2D eigenvalue weighted by Gasteiger charge is -2.11. The number of nitrogens with two attached hydrogens (primary N) is 1. The van der Waals surface area contributed by atoms with Gasteiger partial charge in [0.25, 0.3) is 0 Å². The van der Waals surface area contributed by atoms with Crippen LogP contribution in [-0.2, 0) is 20.0 Å². The van der Waals surface area contributed by atoms with Gasteiger partial charge in [0.05, 0.1) is 24.2 Å². The lowest BCUT2D eigenvalue weighted by molar-refractivity contribution is -0.123. The van der Waals surface area contributed by atoms with Gasteiger partial charge in [0.1, 0.15) is 15.3 Å². The molecule has 0 aromatic carbocycles. The number of hydrogen-bond acceptors (Lipinski definition) is 8. The maximum Gasteiger partial charge on any atom is 0.234 e. The number of sulfone groups is 1. The van der Waals surface area contributed by atoms with Gasteiger partial charge in [-0.15, -0.1) is 5.10 Å². The molecule has 1 aliphatic rings. The number of fused-ring (bicyclic) bond motifs is 1. The summed E-state index contributed by atoms with van der Waals surface area (Å²) < 4.78 is 29.7. The Morgan fingerprint density at radius 1 is 1.33 bits per heavy atom. The maximum atomic E-state index is 12.8. The van der Waals surface area contributed by atoms with Crippen LogP contribution in [0, 0.1) is 0 Å². The Labute approximate surface area is 173 Å². The summed E-state index contributed by atoms with van der Waals surface area (Å²) in [6.07, 6.45) is 5.54. The number of methoxy groups -OCH3 is 1. The molecule has 1 fully saturated rings. The summed E-state index contributed by atoms with van der Waals surface area (Å²) in [7, 11) is -1.62. The highest BCUT2D eigenvalue weighted by Crippen LogP contribution is 2.47. The standard InChI is InChI=1S/C19H22N6O4S/c1-29-15-4-3-14(12-9-13(20)11-21-10-12)25-16(15)23-17(24-25)19(5-6-19)18(26)22-7-8-30(2,27)28/h3-4,9-11H,5-8,20H2,1-2H3,(H,22,26). The first kappa shape index (κ1) is 20.1. The van der Waals surface area contributed by atoms with E-state index in [1.807, 2.05) is 6.07 Å². The number of rotatable bonds is 7. The van der Waals surface area contributed by atoms with Crippen molar-refractivity contribution >= 4 is 27.1 Å². The van der Waals surface area contributed by atoms with Crippen LogP contribution >= 0.6 is 0 Å². The molecular formula is C19H22N6O4S. The van der Waals surface area contributed by atoms with Crippen molar-refractivity contribution in [3.8, 4) is 17.0 Å². The number of ether oxygens (including phenoxy) is 1. The Kier molecular flexibility index (Phi) is 4.85. The first-order valence-corrected chi connectivity index (χ1v) is 11.4. The normalized spacial score (nSPS) is 15.1. The van der Waals surface area contributed by atoms with E-state index in [-0.39, 0.29) is 18.2 Å². The fourth-order valence-electron chi connectivity index (χ4n) is 3.31. The average Bonchev–Trinajstić information content (AvgIpc) is 3.38. The highest BCUT2D eigenvalue weighted by molar-refractivity contribution is 7.90. The molecule has 4 rings (SSSR count). The highest BCUT2D eigenvalue weighted by Gasteiger charge is 2.54. The van der Waals surface area contributed by atoms with Gasteiger partial charge in [-0.05, 0) is 31.0 Å². The predicted molar refractivity (Wildman–Crippen MR) is 111 cm³/mol. The lowest BCUT2D eigenvalue weighted by atomic mass is 10.1. The van der Waals surface area contributed by atoms with E-state index in [2.05, 4.69) is 20.4 Å². The van der Waals surface area contributed by atoms with Crippen LogP contribution < -0.4 is 15.8 Å². The number of nitrogen functional groups attached to an aromatic ring is 1. The molecule has 158 valence electrons. The van der Waals surface area contributed by atoms with Gasteiger partial charge < -0.3 is 15.8 Å². The zero-order chi connectivity index (χ0) is 21.5. The smallest absolute Gasteiger partial charge is 0.234 e. The minimum Gasteiger partial charge on any atom is -0.493 e. The molecule has 30 heavy (non-hydrogen) atoms. The van der Waals surface area contributed by atoms with Crippen molar-refractivity contribution < 1.29 is 17.9 Å². The number of aromatic nitrogens is 4. The van der Waals surface area contributed by atoms with Gasteiger partial charge in [-0.25, -0.2) is 17.9 Å². The van der Waals surface area contributed by atoms with Gasteiger partial charge in [-0.3, -0.25) is 9.78 Å². The number of amides is 1. The Hall–Kier alpha value is -3.21. The zero-order valence-electron chi connectivity index (χ0n) is 16.6. The van der Waals surface area contributed by atoms with Crippen LogP contribution in [0.4, 0.5) is 5.69 Å². The van der Waals surface area contributed by atoms with Crippen LogP contribution in [0.25, 0.3) is 16.9 Å². The van der Waals surface area contributed by atoms with E-state index in [0.717, 1.165) is 11.8 Å². The maximum absolute atomic E-state index is 12.8. The fourth-order valence-corrected chi connectivity index (χ4v) is 3.79. The Morgan fingerprint density at radius 2 is 2.10 bits per heavy atom. The largest absolute Gasteiger partial charge is 0.493 e. The summed E-state index contributed by atoms with van der Waals surface area (Å²) >= 11 is 0. The topological polar surface area (TPSA) is 142 Å². The Balaban J connectivity index is 1.72. The summed E-state index contributed by atoms with van der Waals surface area (Å²) in [5, 5.41) is 7.32. The third kappa shape index (κ3) is 3.67. The molecule has 10 nitrogen and oxygen atoms in total. The number of nitrogens with zero attached hydrogens (tertiary/aromatic N) is 4. The number of carbonyl (C=O) groups excluding carboxylic acids is 1. The number of hydrogen-bond donors (Lipinski definition) is 2. The van der Waals surface area contributed by atoms with Crippen molar-refractivity contribution in [2.24, 2.45) is 0 Å². The SMILES string of the molecule is COc1ccc(-c2cncc(N)c2)n2nc(C3(C(=O)NCCS(C)(=O)=O)CC3)nc12. The fraction of sp³-hybridized carbons (Fsp3) is 0.368. The molecule has 3 aromatic rings. The Morgan fingerprint density at radius 3 is 2.73 bits per heavy atom. The summed E-state index contributed by atoms with van der Waals surface area (Å²) in [6.45, 7) is 0.0519. The molecule has 3 N–H and O–H groups in total. The molecule has 0 unspecified atom stereocenters. The van der Waals surface area contributed by atoms with Gasteiger partial charge in [0.2, 0.25) is 5.91 Å². The van der Waals surface area contributed by atoms with Crippen molar-refractivity contribution in [1.29, 1.82) is 0 Å².